The standard InChI is InChI=1S/C12H12N2O2/c1-7-8(2)12(16)14(11(7)15)10-6-4-3-5-9(10)13/h3-6H,13H2,1-2H3. The van der Waals surface area contributed by atoms with Gasteiger partial charge in [-0.25, -0.2) is 4.90 Å². The Balaban J connectivity index is 2.51. The van der Waals surface area contributed by atoms with E-state index in [1.807, 2.05) is 0 Å². The minimum absolute atomic E-state index is 0.291. The molecule has 0 unspecified atom stereocenters. The van der Waals surface area contributed by atoms with E-state index in [1.54, 1.807) is 38.1 Å². The molecule has 2 amide bonds. The molecule has 0 aliphatic carbocycles. The molecular weight excluding hydrogens is 204 g/mol. The quantitative estimate of drug-likeness (QED) is 0.571. The molecule has 16 heavy (non-hydrogen) atoms. The van der Waals surface area contributed by atoms with E-state index in [0.717, 1.165) is 4.90 Å². The molecule has 2 rings (SSSR count). The van der Waals surface area contributed by atoms with Crippen LogP contribution in [-0.2, 0) is 9.59 Å². The number of imide groups is 1. The maximum absolute atomic E-state index is 11.9. The van der Waals surface area contributed by atoms with Crippen molar-refractivity contribution in [3.8, 4) is 0 Å². The molecule has 0 radical (unpaired) electrons. The van der Waals surface area contributed by atoms with Gasteiger partial charge in [0.1, 0.15) is 0 Å². The smallest absolute Gasteiger partial charge is 0.261 e. The van der Waals surface area contributed by atoms with Crippen LogP contribution in [-0.4, -0.2) is 11.8 Å². The van der Waals surface area contributed by atoms with Crippen LogP contribution in [0, 0.1) is 0 Å². The van der Waals surface area contributed by atoms with E-state index in [2.05, 4.69) is 0 Å². The third-order valence-corrected chi connectivity index (χ3v) is 2.79. The molecule has 4 heteroatoms. The predicted octanol–water partition coefficient (Wildman–Crippen LogP) is 1.48. The van der Waals surface area contributed by atoms with Gasteiger partial charge in [-0.2, -0.15) is 0 Å². The molecule has 0 saturated heterocycles. The molecule has 82 valence electrons. The average Bonchev–Trinajstić information content (AvgIpc) is 2.45. The topological polar surface area (TPSA) is 63.4 Å². The zero-order valence-corrected chi connectivity index (χ0v) is 9.15. The summed E-state index contributed by atoms with van der Waals surface area (Å²) < 4.78 is 0. The highest BCUT2D eigenvalue weighted by atomic mass is 16.2. The first-order chi connectivity index (χ1) is 7.54. The fraction of sp³-hybridized carbons (Fsp3) is 0.167. The third-order valence-electron chi connectivity index (χ3n) is 2.79. The molecule has 1 heterocycles. The van der Waals surface area contributed by atoms with Gasteiger partial charge in [0.15, 0.2) is 0 Å². The molecule has 0 spiro atoms. The van der Waals surface area contributed by atoms with E-state index in [4.69, 9.17) is 5.73 Å². The number of anilines is 2. The Morgan fingerprint density at radius 2 is 1.50 bits per heavy atom. The normalized spacial score (nSPS) is 16.2. The van der Waals surface area contributed by atoms with Gasteiger partial charge in [-0.1, -0.05) is 12.1 Å². The number of para-hydroxylation sites is 2. The SMILES string of the molecule is CC1=C(C)C(=O)N(c2ccccc2N)C1=O. The number of carbonyl (C=O) groups excluding carboxylic acids is 2. The Morgan fingerprint density at radius 1 is 1.00 bits per heavy atom. The van der Waals surface area contributed by atoms with Crippen LogP contribution in [0.3, 0.4) is 0 Å². The van der Waals surface area contributed by atoms with Crippen LogP contribution in [0.2, 0.25) is 0 Å². The lowest BCUT2D eigenvalue weighted by atomic mass is 10.2. The van der Waals surface area contributed by atoms with Gasteiger partial charge in [0.05, 0.1) is 11.4 Å². The van der Waals surface area contributed by atoms with Gasteiger partial charge >= 0.3 is 0 Å². The van der Waals surface area contributed by atoms with E-state index in [1.165, 1.54) is 0 Å². The summed E-state index contributed by atoms with van der Waals surface area (Å²) in [6.45, 7) is 3.30. The Labute approximate surface area is 93.3 Å². The highest BCUT2D eigenvalue weighted by molar-refractivity contribution is 6.33. The van der Waals surface area contributed by atoms with Crippen molar-refractivity contribution in [1.29, 1.82) is 0 Å². The number of rotatable bonds is 1. The van der Waals surface area contributed by atoms with Crippen molar-refractivity contribution in [2.24, 2.45) is 0 Å². The second-order valence-corrected chi connectivity index (χ2v) is 3.75. The maximum Gasteiger partial charge on any atom is 0.261 e. The number of nitrogen functional groups attached to an aromatic ring is 1. The van der Waals surface area contributed by atoms with Crippen LogP contribution in [0.25, 0.3) is 0 Å². The number of nitrogens with zero attached hydrogens (tertiary/aromatic N) is 1. The molecule has 2 N–H and O–H groups in total. The first-order valence-electron chi connectivity index (χ1n) is 4.95. The fourth-order valence-electron chi connectivity index (χ4n) is 1.66. The van der Waals surface area contributed by atoms with Gasteiger partial charge in [-0.05, 0) is 26.0 Å². The average molecular weight is 216 g/mol. The van der Waals surface area contributed by atoms with Crippen LogP contribution in [0.4, 0.5) is 11.4 Å². The van der Waals surface area contributed by atoms with Crippen molar-refractivity contribution < 1.29 is 9.59 Å². The number of benzene rings is 1. The molecule has 0 saturated carbocycles. The number of nitrogens with two attached hydrogens (primary N) is 1. The molecule has 1 aromatic carbocycles. The molecule has 4 nitrogen and oxygen atoms in total. The summed E-state index contributed by atoms with van der Waals surface area (Å²) in [5.74, 6) is -0.583. The van der Waals surface area contributed by atoms with E-state index in [-0.39, 0.29) is 11.8 Å². The summed E-state index contributed by atoms with van der Waals surface area (Å²) >= 11 is 0. The summed E-state index contributed by atoms with van der Waals surface area (Å²) in [6.07, 6.45) is 0. The molecule has 0 fully saturated rings. The Bertz CT molecular complexity index is 494. The van der Waals surface area contributed by atoms with Gasteiger partial charge in [0.2, 0.25) is 0 Å². The second kappa shape index (κ2) is 3.48. The van der Waals surface area contributed by atoms with Crippen LogP contribution >= 0.6 is 0 Å². The van der Waals surface area contributed by atoms with Crippen LogP contribution < -0.4 is 10.6 Å². The van der Waals surface area contributed by atoms with E-state index in [9.17, 15) is 9.59 Å². The monoisotopic (exact) mass is 216 g/mol. The van der Waals surface area contributed by atoms with E-state index < -0.39 is 0 Å². The van der Waals surface area contributed by atoms with Gasteiger partial charge in [-0.15, -0.1) is 0 Å². The van der Waals surface area contributed by atoms with Crippen molar-refractivity contribution in [3.63, 3.8) is 0 Å². The molecule has 1 aromatic rings. The summed E-state index contributed by atoms with van der Waals surface area (Å²) in [6, 6.07) is 6.84. The zero-order valence-electron chi connectivity index (χ0n) is 9.15. The lowest BCUT2D eigenvalue weighted by Crippen LogP contribution is -2.31. The summed E-state index contributed by atoms with van der Waals surface area (Å²) in [5.41, 5.74) is 7.59. The van der Waals surface area contributed by atoms with Crippen LogP contribution in [0.15, 0.2) is 35.4 Å². The largest absolute Gasteiger partial charge is 0.397 e. The van der Waals surface area contributed by atoms with Gasteiger partial charge in [0, 0.05) is 11.1 Å². The highest BCUT2D eigenvalue weighted by Crippen LogP contribution is 2.30. The van der Waals surface area contributed by atoms with E-state index in [0.29, 0.717) is 22.5 Å². The summed E-state index contributed by atoms with van der Waals surface area (Å²) in [7, 11) is 0. The molecule has 1 aliphatic heterocycles. The lowest BCUT2D eigenvalue weighted by Gasteiger charge is -2.16. The fourth-order valence-corrected chi connectivity index (χ4v) is 1.66. The molecule has 0 atom stereocenters. The van der Waals surface area contributed by atoms with Crippen molar-refractivity contribution in [2.45, 2.75) is 13.8 Å². The number of carbonyl (C=O) groups is 2. The third kappa shape index (κ3) is 1.31. The minimum Gasteiger partial charge on any atom is -0.397 e. The van der Waals surface area contributed by atoms with Crippen LogP contribution in [0.1, 0.15) is 13.8 Å². The predicted molar refractivity (Wildman–Crippen MR) is 61.7 cm³/mol. The number of hydrogen-bond donors (Lipinski definition) is 1. The van der Waals surface area contributed by atoms with Crippen molar-refractivity contribution in [1.82, 2.24) is 0 Å². The van der Waals surface area contributed by atoms with Crippen LogP contribution in [0.5, 0.6) is 0 Å². The van der Waals surface area contributed by atoms with E-state index >= 15 is 0 Å². The first-order valence-corrected chi connectivity index (χ1v) is 4.95. The zero-order chi connectivity index (χ0) is 11.9. The van der Waals surface area contributed by atoms with Crippen molar-refractivity contribution in [2.75, 3.05) is 10.6 Å². The highest BCUT2D eigenvalue weighted by Gasteiger charge is 2.35. The molecule has 0 aromatic heterocycles. The lowest BCUT2D eigenvalue weighted by molar-refractivity contribution is -0.120. The van der Waals surface area contributed by atoms with Gasteiger partial charge < -0.3 is 5.73 Å². The Kier molecular flexibility index (Phi) is 2.27. The number of hydrogen-bond acceptors (Lipinski definition) is 3. The first kappa shape index (κ1) is 10.4. The number of amides is 2. The molecule has 0 bridgehead atoms. The van der Waals surface area contributed by atoms with Gasteiger partial charge in [-0.3, -0.25) is 9.59 Å². The second-order valence-electron chi connectivity index (χ2n) is 3.75. The molecular formula is C12H12N2O2. The Morgan fingerprint density at radius 3 is 2.00 bits per heavy atom. The van der Waals surface area contributed by atoms with Gasteiger partial charge in [0.25, 0.3) is 11.8 Å². The summed E-state index contributed by atoms with van der Waals surface area (Å²) in [4.78, 5) is 24.9. The maximum atomic E-state index is 11.9. The molecule has 1 aliphatic rings. The van der Waals surface area contributed by atoms with Crippen molar-refractivity contribution in [3.05, 3.63) is 35.4 Å². The van der Waals surface area contributed by atoms with Crippen molar-refractivity contribution >= 4 is 23.2 Å². The Hall–Kier alpha value is -2.10. The summed E-state index contributed by atoms with van der Waals surface area (Å²) in [5, 5.41) is 0. The minimum atomic E-state index is -0.291.